The SMILES string of the molecule is CON1C(c2ccccc2)=[N+]([O-])C(C)(C)C1(C)C. The van der Waals surface area contributed by atoms with Gasteiger partial charge in [0.25, 0.3) is 0 Å². The first kappa shape index (κ1) is 12.9. The molecule has 18 heavy (non-hydrogen) atoms. The van der Waals surface area contributed by atoms with Crippen LogP contribution in [0.2, 0.25) is 0 Å². The van der Waals surface area contributed by atoms with E-state index < -0.39 is 11.1 Å². The first-order valence-corrected chi connectivity index (χ1v) is 6.08. The van der Waals surface area contributed by atoms with Crippen molar-refractivity contribution in [3.05, 3.63) is 41.1 Å². The summed E-state index contributed by atoms with van der Waals surface area (Å²) in [6, 6.07) is 9.61. The fraction of sp³-hybridized carbons (Fsp3) is 0.500. The van der Waals surface area contributed by atoms with Crippen LogP contribution in [0.1, 0.15) is 33.3 Å². The van der Waals surface area contributed by atoms with Crippen molar-refractivity contribution in [2.24, 2.45) is 0 Å². The minimum absolute atomic E-state index is 0.408. The molecule has 0 radical (unpaired) electrons. The van der Waals surface area contributed by atoms with Crippen molar-refractivity contribution in [2.75, 3.05) is 7.11 Å². The second kappa shape index (κ2) is 3.99. The molecule has 98 valence electrons. The van der Waals surface area contributed by atoms with Gasteiger partial charge in [0.05, 0.1) is 12.7 Å². The summed E-state index contributed by atoms with van der Waals surface area (Å²) >= 11 is 0. The van der Waals surface area contributed by atoms with Gasteiger partial charge in [-0.25, -0.2) is 0 Å². The molecule has 1 aromatic carbocycles. The molecular formula is C14H20N2O2. The van der Waals surface area contributed by atoms with Gasteiger partial charge < -0.3 is 5.21 Å². The molecule has 0 N–H and O–H groups in total. The summed E-state index contributed by atoms with van der Waals surface area (Å²) in [7, 11) is 1.60. The molecule has 0 unspecified atom stereocenters. The summed E-state index contributed by atoms with van der Waals surface area (Å²) in [5.41, 5.74) is -0.101. The molecule has 1 aromatic rings. The van der Waals surface area contributed by atoms with Gasteiger partial charge in [-0.1, -0.05) is 18.2 Å². The molecule has 2 rings (SSSR count). The Morgan fingerprint density at radius 1 is 1.11 bits per heavy atom. The van der Waals surface area contributed by atoms with Crippen molar-refractivity contribution < 1.29 is 9.58 Å². The Morgan fingerprint density at radius 2 is 1.67 bits per heavy atom. The summed E-state index contributed by atoms with van der Waals surface area (Å²) in [4.78, 5) is 5.45. The number of hydroxylamine groups is 3. The number of amidine groups is 1. The maximum Gasteiger partial charge on any atom is 0.313 e. The van der Waals surface area contributed by atoms with E-state index >= 15 is 0 Å². The van der Waals surface area contributed by atoms with Crippen molar-refractivity contribution in [1.29, 1.82) is 0 Å². The van der Waals surface area contributed by atoms with Crippen molar-refractivity contribution in [3.8, 4) is 0 Å². The van der Waals surface area contributed by atoms with Crippen LogP contribution in [0.4, 0.5) is 0 Å². The second-order valence-electron chi connectivity index (χ2n) is 5.58. The van der Waals surface area contributed by atoms with E-state index in [9.17, 15) is 5.21 Å². The number of hydrogen-bond acceptors (Lipinski definition) is 3. The minimum atomic E-state index is -0.561. The Labute approximate surface area is 108 Å². The van der Waals surface area contributed by atoms with Crippen LogP contribution >= 0.6 is 0 Å². The van der Waals surface area contributed by atoms with Gasteiger partial charge in [-0.3, -0.25) is 4.74 Å². The zero-order chi connectivity index (χ0) is 13.6. The normalized spacial score (nSPS) is 21.5. The van der Waals surface area contributed by atoms with Gasteiger partial charge in [-0.05, 0) is 39.8 Å². The Hall–Kier alpha value is -1.55. The first-order valence-electron chi connectivity index (χ1n) is 6.08. The standard InChI is InChI=1S/C14H20N2O2/c1-13(2)14(3,4)16(18-5)12(15(13)17)11-9-7-6-8-10-11/h6-10H,1-5H3. The van der Waals surface area contributed by atoms with Crippen LogP contribution in [0, 0.1) is 5.21 Å². The summed E-state index contributed by atoms with van der Waals surface area (Å²) in [6.07, 6.45) is 0. The van der Waals surface area contributed by atoms with Crippen LogP contribution in [-0.2, 0) is 4.84 Å². The molecule has 0 aromatic heterocycles. The van der Waals surface area contributed by atoms with E-state index in [0.29, 0.717) is 5.84 Å². The van der Waals surface area contributed by atoms with E-state index in [2.05, 4.69) is 0 Å². The van der Waals surface area contributed by atoms with Gasteiger partial charge in [-0.2, -0.15) is 4.84 Å². The van der Waals surface area contributed by atoms with E-state index in [-0.39, 0.29) is 0 Å². The summed E-state index contributed by atoms with van der Waals surface area (Å²) in [5.74, 6) is 0.563. The predicted molar refractivity (Wildman–Crippen MR) is 71.2 cm³/mol. The van der Waals surface area contributed by atoms with Gasteiger partial charge in [0.15, 0.2) is 5.54 Å². The fourth-order valence-corrected chi connectivity index (χ4v) is 2.25. The molecule has 0 bridgehead atoms. The number of nitrogens with zero attached hydrogens (tertiary/aromatic N) is 2. The summed E-state index contributed by atoms with van der Waals surface area (Å²) < 4.78 is 1.05. The average molecular weight is 248 g/mol. The van der Waals surface area contributed by atoms with Crippen LogP contribution in [-0.4, -0.2) is 33.8 Å². The Morgan fingerprint density at radius 3 is 2.17 bits per heavy atom. The Balaban J connectivity index is 2.61. The average Bonchev–Trinajstić information content (AvgIpc) is 2.47. The Kier molecular flexibility index (Phi) is 2.86. The molecule has 0 amide bonds. The maximum atomic E-state index is 12.6. The van der Waals surface area contributed by atoms with E-state index in [1.165, 1.54) is 0 Å². The smallest absolute Gasteiger partial charge is 0.313 e. The predicted octanol–water partition coefficient (Wildman–Crippen LogP) is 2.38. The lowest BCUT2D eigenvalue weighted by Crippen LogP contribution is -2.54. The highest BCUT2D eigenvalue weighted by atomic mass is 16.7. The molecule has 1 aliphatic rings. The summed E-state index contributed by atoms with van der Waals surface area (Å²) in [5, 5.41) is 14.3. The maximum absolute atomic E-state index is 12.6. The lowest BCUT2D eigenvalue weighted by molar-refractivity contribution is -0.539. The van der Waals surface area contributed by atoms with Crippen LogP contribution in [0.15, 0.2) is 30.3 Å². The van der Waals surface area contributed by atoms with E-state index in [0.717, 1.165) is 10.3 Å². The van der Waals surface area contributed by atoms with Crippen LogP contribution < -0.4 is 0 Å². The van der Waals surface area contributed by atoms with Crippen molar-refractivity contribution >= 4 is 5.84 Å². The number of benzene rings is 1. The molecule has 4 heteroatoms. The molecule has 0 aliphatic carbocycles. The first-order chi connectivity index (χ1) is 8.34. The van der Waals surface area contributed by atoms with Crippen LogP contribution in [0.5, 0.6) is 0 Å². The van der Waals surface area contributed by atoms with Crippen molar-refractivity contribution in [2.45, 2.75) is 38.8 Å². The molecule has 0 atom stereocenters. The lowest BCUT2D eigenvalue weighted by Gasteiger charge is -2.34. The third-order valence-electron chi connectivity index (χ3n) is 4.11. The number of hydrogen-bond donors (Lipinski definition) is 0. The van der Waals surface area contributed by atoms with Crippen molar-refractivity contribution in [1.82, 2.24) is 5.06 Å². The highest BCUT2D eigenvalue weighted by Gasteiger charge is 2.59. The lowest BCUT2D eigenvalue weighted by atomic mass is 9.84. The summed E-state index contributed by atoms with van der Waals surface area (Å²) in [6.45, 7) is 7.89. The highest BCUT2D eigenvalue weighted by molar-refractivity contribution is 5.96. The second-order valence-corrected chi connectivity index (χ2v) is 5.58. The van der Waals surface area contributed by atoms with E-state index in [1.54, 1.807) is 12.2 Å². The Bertz CT molecular complexity index is 478. The zero-order valence-corrected chi connectivity index (χ0v) is 11.6. The number of rotatable bonds is 2. The quantitative estimate of drug-likeness (QED) is 0.596. The van der Waals surface area contributed by atoms with Gasteiger partial charge >= 0.3 is 5.84 Å². The van der Waals surface area contributed by atoms with Gasteiger partial charge in [-0.15, -0.1) is 5.06 Å². The fourth-order valence-electron chi connectivity index (χ4n) is 2.25. The molecule has 1 heterocycles. The van der Waals surface area contributed by atoms with Gasteiger partial charge in [0, 0.05) is 0 Å². The van der Waals surface area contributed by atoms with Crippen molar-refractivity contribution in [3.63, 3.8) is 0 Å². The highest BCUT2D eigenvalue weighted by Crippen LogP contribution is 2.38. The van der Waals surface area contributed by atoms with Gasteiger partial charge in [0.1, 0.15) is 5.54 Å². The molecular weight excluding hydrogens is 228 g/mol. The van der Waals surface area contributed by atoms with E-state index in [1.807, 2.05) is 58.0 Å². The van der Waals surface area contributed by atoms with Crippen LogP contribution in [0.25, 0.3) is 0 Å². The van der Waals surface area contributed by atoms with Gasteiger partial charge in [0.2, 0.25) is 0 Å². The van der Waals surface area contributed by atoms with E-state index in [4.69, 9.17) is 4.84 Å². The molecule has 4 nitrogen and oxygen atoms in total. The molecule has 1 aliphatic heterocycles. The third kappa shape index (κ3) is 1.52. The third-order valence-corrected chi connectivity index (χ3v) is 4.11. The molecule has 0 fully saturated rings. The molecule has 0 spiro atoms. The largest absolute Gasteiger partial charge is 0.714 e. The zero-order valence-electron chi connectivity index (χ0n) is 11.6. The van der Waals surface area contributed by atoms with Crippen LogP contribution in [0.3, 0.4) is 0 Å². The minimum Gasteiger partial charge on any atom is -0.714 e. The molecule has 0 saturated heterocycles. The monoisotopic (exact) mass is 248 g/mol. The molecule has 0 saturated carbocycles. The topological polar surface area (TPSA) is 38.5 Å².